The summed E-state index contributed by atoms with van der Waals surface area (Å²) in [6.07, 6.45) is 0.726. The van der Waals surface area contributed by atoms with Gasteiger partial charge in [0.1, 0.15) is 5.82 Å². The van der Waals surface area contributed by atoms with Gasteiger partial charge in [0.15, 0.2) is 0 Å². The van der Waals surface area contributed by atoms with Crippen LogP contribution in [-0.4, -0.2) is 0 Å². The zero-order chi connectivity index (χ0) is 7.56. The monoisotopic (exact) mass is 138 g/mol. The van der Waals surface area contributed by atoms with Gasteiger partial charge < -0.3 is 5.73 Å². The van der Waals surface area contributed by atoms with Crippen molar-refractivity contribution in [1.82, 2.24) is 0 Å². The van der Waals surface area contributed by atoms with Crippen LogP contribution in [0.2, 0.25) is 0 Å². The van der Waals surface area contributed by atoms with Gasteiger partial charge >= 0.3 is 0 Å². The minimum atomic E-state index is -0.342. The molecule has 1 aromatic rings. The fourth-order valence-corrected chi connectivity index (χ4v) is 0.814. The quantitative estimate of drug-likeness (QED) is 0.588. The zero-order valence-electron chi connectivity index (χ0n) is 5.82. The van der Waals surface area contributed by atoms with Gasteiger partial charge in [-0.3, -0.25) is 0 Å². The van der Waals surface area contributed by atoms with Crippen molar-refractivity contribution in [3.63, 3.8) is 0 Å². The number of anilines is 1. The number of rotatable bonds is 1. The molecule has 1 rings (SSSR count). The average Bonchev–Trinajstić information content (AvgIpc) is 1.94. The van der Waals surface area contributed by atoms with E-state index < -0.39 is 0 Å². The Bertz CT molecular complexity index is 233. The Labute approximate surface area is 59.7 Å². The van der Waals surface area contributed by atoms with Gasteiger partial charge in [0.05, 0.1) is 0 Å². The maximum atomic E-state index is 12.4. The van der Waals surface area contributed by atoms with E-state index in [0.717, 1.165) is 12.0 Å². The lowest BCUT2D eigenvalue weighted by Gasteiger charge is -1.99. The number of nitrogen functional groups attached to an aromatic ring is 1. The summed E-state index contributed by atoms with van der Waals surface area (Å²) in [4.78, 5) is 0. The SMILES string of the molecule is CCc1[c]c(F)ccc1N. The van der Waals surface area contributed by atoms with Crippen LogP contribution in [0.15, 0.2) is 12.1 Å². The smallest absolute Gasteiger partial charge is 0.131 e. The Morgan fingerprint density at radius 1 is 1.60 bits per heavy atom. The highest BCUT2D eigenvalue weighted by atomic mass is 19.1. The highest BCUT2D eigenvalue weighted by molar-refractivity contribution is 5.45. The molecule has 2 N–H and O–H groups in total. The molecule has 0 heterocycles. The molecule has 1 nitrogen and oxygen atoms in total. The van der Waals surface area contributed by atoms with E-state index in [-0.39, 0.29) is 5.82 Å². The van der Waals surface area contributed by atoms with Crippen molar-refractivity contribution in [3.05, 3.63) is 29.6 Å². The lowest BCUT2D eigenvalue weighted by atomic mass is 10.1. The molecule has 0 fully saturated rings. The van der Waals surface area contributed by atoms with Gasteiger partial charge in [-0.15, -0.1) is 0 Å². The first kappa shape index (κ1) is 7.06. The molecule has 1 radical (unpaired) electrons. The molecule has 0 aliphatic carbocycles. The van der Waals surface area contributed by atoms with E-state index in [2.05, 4.69) is 6.07 Å². The molecule has 10 heavy (non-hydrogen) atoms. The van der Waals surface area contributed by atoms with Crippen molar-refractivity contribution in [2.75, 3.05) is 5.73 Å². The van der Waals surface area contributed by atoms with E-state index in [1.807, 2.05) is 6.92 Å². The summed E-state index contributed by atoms with van der Waals surface area (Å²) < 4.78 is 12.4. The molecule has 1 aromatic carbocycles. The Kier molecular flexibility index (Phi) is 1.90. The second-order valence-corrected chi connectivity index (χ2v) is 2.09. The molecule has 0 aliphatic heterocycles. The van der Waals surface area contributed by atoms with E-state index in [4.69, 9.17) is 5.73 Å². The summed E-state index contributed by atoms with van der Waals surface area (Å²) >= 11 is 0. The third kappa shape index (κ3) is 1.26. The van der Waals surface area contributed by atoms with Gasteiger partial charge in [-0.2, -0.15) is 0 Å². The molecular weight excluding hydrogens is 129 g/mol. The van der Waals surface area contributed by atoms with Crippen LogP contribution in [0.25, 0.3) is 0 Å². The Balaban J connectivity index is 3.09. The highest BCUT2D eigenvalue weighted by Gasteiger charge is 1.97. The van der Waals surface area contributed by atoms with Gasteiger partial charge in [0.2, 0.25) is 0 Å². The molecule has 0 aromatic heterocycles. The van der Waals surface area contributed by atoms with E-state index in [0.29, 0.717) is 5.69 Å². The van der Waals surface area contributed by atoms with Crippen molar-refractivity contribution >= 4 is 5.69 Å². The predicted octanol–water partition coefficient (Wildman–Crippen LogP) is 1.77. The predicted molar refractivity (Wildman–Crippen MR) is 39.0 cm³/mol. The number of nitrogens with two attached hydrogens (primary N) is 1. The van der Waals surface area contributed by atoms with Gasteiger partial charge in [0.25, 0.3) is 0 Å². The fraction of sp³-hybridized carbons (Fsp3) is 0.250. The molecule has 2 heteroatoms. The molecular formula is C8H9FN. The topological polar surface area (TPSA) is 26.0 Å². The molecule has 0 saturated heterocycles. The van der Waals surface area contributed by atoms with Crippen LogP contribution in [0.1, 0.15) is 12.5 Å². The van der Waals surface area contributed by atoms with Crippen LogP contribution in [-0.2, 0) is 6.42 Å². The van der Waals surface area contributed by atoms with E-state index >= 15 is 0 Å². The maximum Gasteiger partial charge on any atom is 0.131 e. The first-order valence-corrected chi connectivity index (χ1v) is 3.20. The third-order valence-electron chi connectivity index (χ3n) is 1.38. The molecule has 0 atom stereocenters. The van der Waals surface area contributed by atoms with Gasteiger partial charge in [-0.05, 0) is 24.1 Å². The molecule has 53 valence electrons. The maximum absolute atomic E-state index is 12.4. The number of hydrogen-bond donors (Lipinski definition) is 1. The molecule has 0 unspecified atom stereocenters. The second-order valence-electron chi connectivity index (χ2n) is 2.09. The average molecular weight is 138 g/mol. The molecule has 0 aliphatic rings. The Hall–Kier alpha value is -1.05. The van der Waals surface area contributed by atoms with Crippen LogP contribution in [0.4, 0.5) is 10.1 Å². The second kappa shape index (κ2) is 2.69. The molecule has 0 amide bonds. The number of aryl methyl sites for hydroxylation is 1. The standard InChI is InChI=1S/C8H9FN/c1-2-6-5-7(9)3-4-8(6)10/h3-4H,2,10H2,1H3. The summed E-state index contributed by atoms with van der Waals surface area (Å²) in [5.74, 6) is -0.342. The van der Waals surface area contributed by atoms with Crippen molar-refractivity contribution in [1.29, 1.82) is 0 Å². The Morgan fingerprint density at radius 2 is 2.30 bits per heavy atom. The zero-order valence-corrected chi connectivity index (χ0v) is 5.82. The molecule has 0 saturated carbocycles. The van der Waals surface area contributed by atoms with Crippen LogP contribution in [0.5, 0.6) is 0 Å². The third-order valence-corrected chi connectivity index (χ3v) is 1.38. The summed E-state index contributed by atoms with van der Waals surface area (Å²) in [7, 11) is 0. The minimum absolute atomic E-state index is 0.342. The lowest BCUT2D eigenvalue weighted by Crippen LogP contribution is -1.93. The van der Waals surface area contributed by atoms with E-state index in [1.165, 1.54) is 6.07 Å². The van der Waals surface area contributed by atoms with Crippen molar-refractivity contribution in [3.8, 4) is 0 Å². The van der Waals surface area contributed by atoms with Gasteiger partial charge in [-0.1, -0.05) is 6.92 Å². The van der Waals surface area contributed by atoms with Gasteiger partial charge in [0, 0.05) is 11.8 Å². The van der Waals surface area contributed by atoms with Crippen LogP contribution in [0.3, 0.4) is 0 Å². The summed E-state index contributed by atoms with van der Waals surface area (Å²) in [6.45, 7) is 1.92. The van der Waals surface area contributed by atoms with Crippen LogP contribution < -0.4 is 5.73 Å². The summed E-state index contributed by atoms with van der Waals surface area (Å²) in [5, 5.41) is 0. The summed E-state index contributed by atoms with van der Waals surface area (Å²) in [6, 6.07) is 5.41. The molecule has 0 spiro atoms. The highest BCUT2D eigenvalue weighted by Crippen LogP contribution is 2.12. The first-order valence-electron chi connectivity index (χ1n) is 3.20. The van der Waals surface area contributed by atoms with Crippen molar-refractivity contribution in [2.24, 2.45) is 0 Å². The van der Waals surface area contributed by atoms with Crippen LogP contribution in [0, 0.1) is 11.9 Å². The van der Waals surface area contributed by atoms with Gasteiger partial charge in [-0.25, -0.2) is 4.39 Å². The van der Waals surface area contributed by atoms with Crippen LogP contribution >= 0.6 is 0 Å². The first-order chi connectivity index (χ1) is 4.74. The summed E-state index contributed by atoms with van der Waals surface area (Å²) in [5.41, 5.74) is 6.87. The Morgan fingerprint density at radius 3 is 2.80 bits per heavy atom. The number of hydrogen-bond acceptors (Lipinski definition) is 1. The largest absolute Gasteiger partial charge is 0.398 e. The number of benzene rings is 1. The minimum Gasteiger partial charge on any atom is -0.398 e. The number of halogens is 1. The normalized spacial score (nSPS) is 9.80. The fourth-order valence-electron chi connectivity index (χ4n) is 0.814. The van der Waals surface area contributed by atoms with E-state index in [1.54, 1.807) is 6.07 Å². The van der Waals surface area contributed by atoms with Crippen molar-refractivity contribution in [2.45, 2.75) is 13.3 Å². The lowest BCUT2D eigenvalue weighted by molar-refractivity contribution is 0.623. The molecule has 0 bridgehead atoms. The van der Waals surface area contributed by atoms with Crippen molar-refractivity contribution < 1.29 is 4.39 Å². The van der Waals surface area contributed by atoms with E-state index in [9.17, 15) is 4.39 Å².